The molecule has 0 amide bonds. The molecule has 0 bridgehead atoms. The van der Waals surface area contributed by atoms with E-state index < -0.39 is 0 Å². The summed E-state index contributed by atoms with van der Waals surface area (Å²) in [6.07, 6.45) is 2.34. The molecule has 0 aliphatic heterocycles. The number of rotatable bonds is 4. The van der Waals surface area contributed by atoms with Crippen LogP contribution in [0.4, 0.5) is 17.5 Å². The molecule has 0 unspecified atom stereocenters. The summed E-state index contributed by atoms with van der Waals surface area (Å²) in [5, 5.41) is 18.5. The van der Waals surface area contributed by atoms with Crippen molar-refractivity contribution in [2.24, 2.45) is 0 Å². The van der Waals surface area contributed by atoms with E-state index in [0.717, 1.165) is 16.0 Å². The van der Waals surface area contributed by atoms with Gasteiger partial charge in [0.15, 0.2) is 5.75 Å². The average Bonchev–Trinajstić information content (AvgIpc) is 3.19. The first-order valence-corrected chi connectivity index (χ1v) is 8.70. The van der Waals surface area contributed by atoms with Crippen molar-refractivity contribution >= 4 is 62.2 Å². The fourth-order valence-electron chi connectivity index (χ4n) is 2.21. The predicted octanol–water partition coefficient (Wildman–Crippen LogP) is 5.02. The molecule has 3 aromatic rings. The molecule has 23 heavy (non-hydrogen) atoms. The van der Waals surface area contributed by atoms with Gasteiger partial charge in [-0.2, -0.15) is 4.98 Å². The largest absolute Gasteiger partial charge is 0.505 e. The Labute approximate surface area is 146 Å². The first kappa shape index (κ1) is 14.8. The molecule has 2 aromatic heterocycles. The lowest BCUT2D eigenvalue weighted by Crippen LogP contribution is -2.06. The van der Waals surface area contributed by atoms with E-state index in [9.17, 15) is 5.11 Å². The van der Waals surface area contributed by atoms with E-state index in [1.54, 1.807) is 23.5 Å². The lowest BCUT2D eigenvalue weighted by atomic mass is 10.3. The monoisotopic (exact) mass is 366 g/mol. The van der Waals surface area contributed by atoms with Crippen molar-refractivity contribution in [1.82, 2.24) is 9.97 Å². The fraction of sp³-hybridized carbons (Fsp3) is 0.200. The van der Waals surface area contributed by atoms with Gasteiger partial charge in [0.2, 0.25) is 5.95 Å². The Balaban J connectivity index is 1.70. The van der Waals surface area contributed by atoms with Gasteiger partial charge in [-0.05, 0) is 36.4 Å². The highest BCUT2D eigenvalue weighted by molar-refractivity contribution is 7.17. The summed E-state index contributed by atoms with van der Waals surface area (Å²) in [6.45, 7) is 0. The molecule has 1 fully saturated rings. The Hall–Kier alpha value is -1.76. The third-order valence-electron chi connectivity index (χ3n) is 3.49. The van der Waals surface area contributed by atoms with Gasteiger partial charge in [-0.1, -0.05) is 23.2 Å². The Morgan fingerprint density at radius 1 is 1.17 bits per heavy atom. The number of benzene rings is 1. The molecule has 1 aromatic carbocycles. The number of nitrogens with zero attached hydrogens (tertiary/aromatic N) is 2. The summed E-state index contributed by atoms with van der Waals surface area (Å²) in [4.78, 5) is 9.06. The number of phenols is 1. The number of halogens is 2. The number of fused-ring (bicyclic) bond motifs is 1. The Morgan fingerprint density at radius 3 is 2.61 bits per heavy atom. The van der Waals surface area contributed by atoms with Crippen molar-refractivity contribution in [3.63, 3.8) is 0 Å². The first-order valence-electron chi connectivity index (χ1n) is 7.07. The minimum Gasteiger partial charge on any atom is -0.505 e. The SMILES string of the molecule is Oc1c(Cl)cc(Nc2nc(NC3CC3)c3sccc3n2)cc1Cl. The summed E-state index contributed by atoms with van der Waals surface area (Å²) in [6, 6.07) is 5.62. The number of aromatic nitrogens is 2. The van der Waals surface area contributed by atoms with Crippen LogP contribution in [0.1, 0.15) is 12.8 Å². The number of hydrogen-bond acceptors (Lipinski definition) is 6. The van der Waals surface area contributed by atoms with Crippen LogP contribution in [0.25, 0.3) is 10.2 Å². The minimum atomic E-state index is -0.135. The number of aromatic hydroxyl groups is 1. The van der Waals surface area contributed by atoms with Gasteiger partial charge in [-0.15, -0.1) is 11.3 Å². The highest BCUT2D eigenvalue weighted by atomic mass is 35.5. The topological polar surface area (TPSA) is 70.1 Å². The van der Waals surface area contributed by atoms with Gasteiger partial charge in [0, 0.05) is 11.7 Å². The van der Waals surface area contributed by atoms with Gasteiger partial charge in [0.25, 0.3) is 0 Å². The maximum atomic E-state index is 9.63. The van der Waals surface area contributed by atoms with Gasteiger partial charge >= 0.3 is 0 Å². The van der Waals surface area contributed by atoms with Crippen molar-refractivity contribution in [1.29, 1.82) is 0 Å². The summed E-state index contributed by atoms with van der Waals surface area (Å²) < 4.78 is 1.05. The van der Waals surface area contributed by atoms with E-state index in [2.05, 4.69) is 20.6 Å². The Bertz CT molecular complexity index is 871. The van der Waals surface area contributed by atoms with Crippen LogP contribution in [0.15, 0.2) is 23.6 Å². The van der Waals surface area contributed by atoms with Gasteiger partial charge in [0.1, 0.15) is 5.82 Å². The molecule has 0 atom stereocenters. The summed E-state index contributed by atoms with van der Waals surface area (Å²) >= 11 is 13.5. The number of thiophene rings is 1. The number of phenolic OH excluding ortho intramolecular Hbond substituents is 1. The lowest BCUT2D eigenvalue weighted by molar-refractivity contribution is 0.476. The smallest absolute Gasteiger partial charge is 0.229 e. The van der Waals surface area contributed by atoms with Crippen molar-refractivity contribution in [3.05, 3.63) is 33.6 Å². The molecule has 0 spiro atoms. The van der Waals surface area contributed by atoms with Crippen molar-refractivity contribution in [2.75, 3.05) is 10.6 Å². The molecule has 4 rings (SSSR count). The molecular formula is C15H12Cl2N4OS. The maximum absolute atomic E-state index is 9.63. The normalized spacial score (nSPS) is 14.2. The van der Waals surface area contributed by atoms with E-state index in [0.29, 0.717) is 17.7 Å². The van der Waals surface area contributed by atoms with Gasteiger partial charge in [-0.3, -0.25) is 0 Å². The zero-order chi connectivity index (χ0) is 16.0. The third-order valence-corrected chi connectivity index (χ3v) is 4.98. The molecule has 8 heteroatoms. The van der Waals surface area contributed by atoms with Crippen LogP contribution in [0, 0.1) is 0 Å². The zero-order valence-corrected chi connectivity index (χ0v) is 14.1. The van der Waals surface area contributed by atoms with Crippen molar-refractivity contribution in [2.45, 2.75) is 18.9 Å². The average molecular weight is 367 g/mol. The molecule has 1 saturated carbocycles. The minimum absolute atomic E-state index is 0.135. The summed E-state index contributed by atoms with van der Waals surface area (Å²) in [7, 11) is 0. The van der Waals surface area contributed by atoms with Crippen molar-refractivity contribution in [3.8, 4) is 5.75 Å². The van der Waals surface area contributed by atoms with E-state index in [1.165, 1.54) is 12.8 Å². The fourth-order valence-corrected chi connectivity index (χ4v) is 3.48. The lowest BCUT2D eigenvalue weighted by Gasteiger charge is -2.10. The molecule has 0 radical (unpaired) electrons. The van der Waals surface area contributed by atoms with E-state index in [1.807, 2.05) is 11.4 Å². The van der Waals surface area contributed by atoms with Crippen LogP contribution in [-0.2, 0) is 0 Å². The van der Waals surface area contributed by atoms with Gasteiger partial charge in [-0.25, -0.2) is 4.98 Å². The van der Waals surface area contributed by atoms with Crippen LogP contribution in [-0.4, -0.2) is 21.1 Å². The number of hydrogen-bond donors (Lipinski definition) is 3. The van der Waals surface area contributed by atoms with Crippen molar-refractivity contribution < 1.29 is 5.11 Å². The highest BCUT2D eigenvalue weighted by Crippen LogP contribution is 2.36. The number of anilines is 3. The summed E-state index contributed by atoms with van der Waals surface area (Å²) in [5.41, 5.74) is 1.50. The maximum Gasteiger partial charge on any atom is 0.229 e. The molecule has 118 valence electrons. The van der Waals surface area contributed by atoms with E-state index in [-0.39, 0.29) is 15.8 Å². The second kappa shape index (κ2) is 5.70. The first-order chi connectivity index (χ1) is 11.1. The zero-order valence-electron chi connectivity index (χ0n) is 11.8. The van der Waals surface area contributed by atoms with Crippen LogP contribution in [0.3, 0.4) is 0 Å². The molecule has 1 aliphatic rings. The van der Waals surface area contributed by atoms with Crippen LogP contribution in [0.2, 0.25) is 10.0 Å². The van der Waals surface area contributed by atoms with Gasteiger partial charge < -0.3 is 15.7 Å². The van der Waals surface area contributed by atoms with E-state index in [4.69, 9.17) is 23.2 Å². The standard InChI is InChI=1S/C15H12Cl2N4OS/c16-9-5-8(6-10(17)12(9)22)19-15-20-11-3-4-23-13(11)14(21-15)18-7-1-2-7/h3-7,22H,1-2H2,(H2,18,19,20,21). The highest BCUT2D eigenvalue weighted by Gasteiger charge is 2.23. The third kappa shape index (κ3) is 3.02. The Morgan fingerprint density at radius 2 is 1.91 bits per heavy atom. The van der Waals surface area contributed by atoms with Gasteiger partial charge in [0.05, 0.1) is 20.3 Å². The molecule has 1 aliphatic carbocycles. The molecule has 5 nitrogen and oxygen atoms in total. The molecule has 0 saturated heterocycles. The molecule has 2 heterocycles. The second-order valence-electron chi connectivity index (χ2n) is 5.36. The van der Waals surface area contributed by atoms with Crippen LogP contribution >= 0.6 is 34.5 Å². The predicted molar refractivity (Wildman–Crippen MR) is 95.5 cm³/mol. The second-order valence-corrected chi connectivity index (χ2v) is 7.09. The number of nitrogens with one attached hydrogen (secondary N) is 2. The molecule has 3 N–H and O–H groups in total. The Kier molecular flexibility index (Phi) is 3.67. The summed E-state index contributed by atoms with van der Waals surface area (Å²) in [5.74, 6) is 1.16. The molecular weight excluding hydrogens is 355 g/mol. The quantitative estimate of drug-likeness (QED) is 0.565. The van der Waals surface area contributed by atoms with Crippen LogP contribution in [0.5, 0.6) is 5.75 Å². The van der Waals surface area contributed by atoms with Crippen LogP contribution < -0.4 is 10.6 Å². The van der Waals surface area contributed by atoms with E-state index >= 15 is 0 Å².